The third-order valence-electron chi connectivity index (χ3n) is 2.65. The van der Waals surface area contributed by atoms with Gasteiger partial charge in [-0.2, -0.15) is 0 Å². The Labute approximate surface area is 105 Å². The minimum atomic E-state index is -3.25. The summed E-state index contributed by atoms with van der Waals surface area (Å²) in [6.45, 7) is 0.0250. The molecule has 1 aromatic carbocycles. The molecule has 1 unspecified atom stereocenters. The Bertz CT molecular complexity index is 551. The second kappa shape index (κ2) is 4.58. The topological polar surface area (TPSA) is 83.9 Å². The van der Waals surface area contributed by atoms with E-state index in [2.05, 4.69) is 0 Å². The summed E-state index contributed by atoms with van der Waals surface area (Å²) >= 11 is 0. The van der Waals surface area contributed by atoms with Gasteiger partial charge in [-0.25, -0.2) is 13.2 Å². The van der Waals surface area contributed by atoms with Gasteiger partial charge in [-0.3, -0.25) is 4.90 Å². The second-order valence-electron chi connectivity index (χ2n) is 4.07. The molecular weight excluding hydrogens is 258 g/mol. The van der Waals surface area contributed by atoms with Gasteiger partial charge in [-0.15, -0.1) is 0 Å². The van der Waals surface area contributed by atoms with Crippen LogP contribution in [0.15, 0.2) is 29.2 Å². The van der Waals surface area contributed by atoms with E-state index in [9.17, 15) is 13.2 Å². The fourth-order valence-electron chi connectivity index (χ4n) is 1.70. The Balaban J connectivity index is 2.23. The van der Waals surface area contributed by atoms with Crippen molar-refractivity contribution in [2.24, 2.45) is 0 Å². The lowest BCUT2D eigenvalue weighted by molar-refractivity contribution is 0.0963. The first-order chi connectivity index (χ1) is 8.41. The van der Waals surface area contributed by atoms with Crippen molar-refractivity contribution in [1.82, 2.24) is 0 Å². The van der Waals surface area contributed by atoms with Crippen LogP contribution < -0.4 is 4.90 Å². The molecule has 0 radical (unpaired) electrons. The summed E-state index contributed by atoms with van der Waals surface area (Å²) in [6.07, 6.45) is 0.0433. The normalized spacial score (nSPS) is 20.0. The molecule has 0 saturated carbocycles. The number of cyclic esters (lactones) is 1. The number of benzene rings is 1. The maximum atomic E-state index is 11.5. The fourth-order valence-corrected chi connectivity index (χ4v) is 2.33. The number of hydrogen-bond donors (Lipinski definition) is 1. The lowest BCUT2D eigenvalue weighted by Gasteiger charge is -2.12. The summed E-state index contributed by atoms with van der Waals surface area (Å²) in [7, 11) is -3.25. The average molecular weight is 271 g/mol. The van der Waals surface area contributed by atoms with Crippen molar-refractivity contribution < 1.29 is 23.1 Å². The van der Waals surface area contributed by atoms with Gasteiger partial charge in [0.2, 0.25) is 0 Å². The van der Waals surface area contributed by atoms with Gasteiger partial charge in [0, 0.05) is 11.9 Å². The number of aliphatic hydroxyl groups is 1. The predicted octanol–water partition coefficient (Wildman–Crippen LogP) is 0.408. The van der Waals surface area contributed by atoms with Crippen LogP contribution in [-0.4, -0.2) is 45.1 Å². The molecule has 1 aromatic rings. The quantitative estimate of drug-likeness (QED) is 0.860. The number of anilines is 1. The zero-order chi connectivity index (χ0) is 13.3. The van der Waals surface area contributed by atoms with Gasteiger partial charge in [-0.1, -0.05) is 0 Å². The molecule has 1 fully saturated rings. The van der Waals surface area contributed by atoms with Gasteiger partial charge in [0.1, 0.15) is 6.10 Å². The van der Waals surface area contributed by atoms with E-state index >= 15 is 0 Å². The maximum absolute atomic E-state index is 11.5. The number of hydrogen-bond acceptors (Lipinski definition) is 5. The lowest BCUT2D eigenvalue weighted by atomic mass is 10.3. The number of carbonyl (C=O) groups is 1. The van der Waals surface area contributed by atoms with Crippen LogP contribution in [0.3, 0.4) is 0 Å². The number of aliphatic hydroxyl groups excluding tert-OH is 1. The van der Waals surface area contributed by atoms with Crippen molar-refractivity contribution in [3.63, 3.8) is 0 Å². The number of rotatable bonds is 3. The molecule has 6 nitrogen and oxygen atoms in total. The number of ether oxygens (including phenoxy) is 1. The minimum Gasteiger partial charge on any atom is -0.441 e. The molecule has 1 aliphatic heterocycles. The van der Waals surface area contributed by atoms with Crippen LogP contribution in [0, 0.1) is 0 Å². The van der Waals surface area contributed by atoms with Gasteiger partial charge >= 0.3 is 6.09 Å². The SMILES string of the molecule is CS(=O)(=O)c1ccc(N2CC(CO)OC2=O)cc1. The van der Waals surface area contributed by atoms with Crippen molar-refractivity contribution in [3.05, 3.63) is 24.3 Å². The van der Waals surface area contributed by atoms with Gasteiger partial charge in [0.15, 0.2) is 9.84 Å². The van der Waals surface area contributed by atoms with E-state index in [1.807, 2.05) is 0 Å². The van der Waals surface area contributed by atoms with Crippen LogP contribution >= 0.6 is 0 Å². The van der Waals surface area contributed by atoms with Crippen LogP contribution in [0.1, 0.15) is 0 Å². The van der Waals surface area contributed by atoms with E-state index < -0.39 is 22.0 Å². The molecule has 98 valence electrons. The monoisotopic (exact) mass is 271 g/mol. The van der Waals surface area contributed by atoms with Crippen molar-refractivity contribution in [1.29, 1.82) is 0 Å². The molecule has 1 saturated heterocycles. The van der Waals surface area contributed by atoms with E-state index in [-0.39, 0.29) is 18.0 Å². The highest BCUT2D eigenvalue weighted by Crippen LogP contribution is 2.23. The Morgan fingerprint density at radius 1 is 1.39 bits per heavy atom. The highest BCUT2D eigenvalue weighted by Gasteiger charge is 2.31. The van der Waals surface area contributed by atoms with E-state index in [4.69, 9.17) is 9.84 Å². The Morgan fingerprint density at radius 2 is 2.00 bits per heavy atom. The summed E-state index contributed by atoms with van der Waals surface area (Å²) in [5, 5.41) is 8.92. The first-order valence-electron chi connectivity index (χ1n) is 5.31. The average Bonchev–Trinajstić information content (AvgIpc) is 2.70. The molecule has 1 atom stereocenters. The van der Waals surface area contributed by atoms with Crippen LogP contribution in [0.4, 0.5) is 10.5 Å². The van der Waals surface area contributed by atoms with E-state index in [0.717, 1.165) is 6.26 Å². The molecular formula is C11H13NO5S. The van der Waals surface area contributed by atoms with Crippen LogP contribution in [-0.2, 0) is 14.6 Å². The molecule has 2 rings (SSSR count). The van der Waals surface area contributed by atoms with Crippen LogP contribution in [0.2, 0.25) is 0 Å². The zero-order valence-electron chi connectivity index (χ0n) is 9.74. The van der Waals surface area contributed by atoms with Crippen LogP contribution in [0.5, 0.6) is 0 Å². The summed E-state index contributed by atoms with van der Waals surface area (Å²) < 4.78 is 27.5. The summed E-state index contributed by atoms with van der Waals surface area (Å²) in [4.78, 5) is 13.0. The summed E-state index contributed by atoms with van der Waals surface area (Å²) in [5.74, 6) is 0. The number of carbonyl (C=O) groups excluding carboxylic acids is 1. The third-order valence-corrected chi connectivity index (χ3v) is 3.78. The van der Waals surface area contributed by atoms with Crippen molar-refractivity contribution >= 4 is 21.6 Å². The number of sulfone groups is 1. The standard InChI is InChI=1S/C11H13NO5S/c1-18(15,16)10-4-2-8(3-5-10)12-6-9(7-13)17-11(12)14/h2-5,9,13H,6-7H2,1H3. The number of nitrogens with zero attached hydrogens (tertiary/aromatic N) is 1. The highest BCUT2D eigenvalue weighted by atomic mass is 32.2. The van der Waals surface area contributed by atoms with E-state index in [1.54, 1.807) is 0 Å². The molecule has 1 N–H and O–H groups in total. The zero-order valence-corrected chi connectivity index (χ0v) is 10.6. The molecule has 0 spiro atoms. The third kappa shape index (κ3) is 2.46. The smallest absolute Gasteiger partial charge is 0.414 e. The number of amides is 1. The Hall–Kier alpha value is -1.60. The van der Waals surface area contributed by atoms with Crippen molar-refractivity contribution in [2.75, 3.05) is 24.3 Å². The predicted molar refractivity (Wildman–Crippen MR) is 64.3 cm³/mol. The Morgan fingerprint density at radius 3 is 2.44 bits per heavy atom. The molecule has 1 aliphatic rings. The fraction of sp³-hybridized carbons (Fsp3) is 0.364. The maximum Gasteiger partial charge on any atom is 0.414 e. The first kappa shape index (κ1) is 12.8. The Kier molecular flexibility index (Phi) is 3.27. The molecule has 7 heteroatoms. The van der Waals surface area contributed by atoms with E-state index in [1.165, 1.54) is 29.2 Å². The lowest BCUT2D eigenvalue weighted by Crippen LogP contribution is -2.25. The van der Waals surface area contributed by atoms with Gasteiger partial charge < -0.3 is 9.84 Å². The molecule has 0 bridgehead atoms. The molecule has 0 aromatic heterocycles. The summed E-state index contributed by atoms with van der Waals surface area (Å²) in [5.41, 5.74) is 0.545. The molecule has 18 heavy (non-hydrogen) atoms. The minimum absolute atomic E-state index is 0.192. The van der Waals surface area contributed by atoms with E-state index in [0.29, 0.717) is 5.69 Å². The van der Waals surface area contributed by atoms with Crippen LogP contribution in [0.25, 0.3) is 0 Å². The second-order valence-corrected chi connectivity index (χ2v) is 6.08. The molecule has 1 amide bonds. The van der Waals surface area contributed by atoms with Gasteiger partial charge in [0.05, 0.1) is 18.0 Å². The first-order valence-corrected chi connectivity index (χ1v) is 7.20. The highest BCUT2D eigenvalue weighted by molar-refractivity contribution is 7.90. The van der Waals surface area contributed by atoms with Crippen molar-refractivity contribution in [2.45, 2.75) is 11.0 Å². The van der Waals surface area contributed by atoms with Gasteiger partial charge in [-0.05, 0) is 24.3 Å². The molecule has 1 heterocycles. The summed E-state index contributed by atoms with van der Waals surface area (Å²) in [6, 6.07) is 5.95. The largest absolute Gasteiger partial charge is 0.441 e. The van der Waals surface area contributed by atoms with Gasteiger partial charge in [0.25, 0.3) is 0 Å². The molecule has 0 aliphatic carbocycles. The van der Waals surface area contributed by atoms with Crippen molar-refractivity contribution in [3.8, 4) is 0 Å².